The summed E-state index contributed by atoms with van der Waals surface area (Å²) in [7, 11) is 1.56. The van der Waals surface area contributed by atoms with Gasteiger partial charge in [0.05, 0.1) is 24.4 Å². The molecule has 1 heterocycles. The Morgan fingerprint density at radius 2 is 1.85 bits per heavy atom. The van der Waals surface area contributed by atoms with Crippen LogP contribution in [-0.2, 0) is 16.6 Å². The van der Waals surface area contributed by atoms with Gasteiger partial charge >= 0.3 is 0 Å². The third-order valence-corrected chi connectivity index (χ3v) is 7.40. The Morgan fingerprint density at radius 1 is 1.12 bits per heavy atom. The Bertz CT molecular complexity index is 1270. The van der Waals surface area contributed by atoms with Crippen molar-refractivity contribution in [1.82, 2.24) is 9.97 Å². The van der Waals surface area contributed by atoms with Crippen molar-refractivity contribution < 1.29 is 13.9 Å². The van der Waals surface area contributed by atoms with Gasteiger partial charge in [0.2, 0.25) is 5.88 Å². The van der Waals surface area contributed by atoms with Crippen molar-refractivity contribution in [3.05, 3.63) is 77.2 Å². The third kappa shape index (κ3) is 3.14. The standard InChI is InChI=1S/C27H24FN3O2/c1-16-21-13-12-20-24(30-25(31-26(20)33-2)19-10-6-7-11-22(19)28)27(21,14-17(15-29)23(16)32)18-8-4-3-5-9-18/h3-11,16-17,21H,12-14H2,1-2H3/t16-,17?,21-,27+/m0/s1. The number of ether oxygens (including phenoxy) is 1. The molecule has 2 aliphatic rings. The van der Waals surface area contributed by atoms with Crippen LogP contribution in [0.25, 0.3) is 11.4 Å². The van der Waals surface area contributed by atoms with E-state index in [-0.39, 0.29) is 23.4 Å². The van der Waals surface area contributed by atoms with E-state index >= 15 is 0 Å². The number of fused-ring (bicyclic) bond motifs is 3. The number of carbonyl (C=O) groups is 1. The number of hydrogen-bond donors (Lipinski definition) is 0. The number of rotatable bonds is 3. The number of aromatic nitrogens is 2. The molecule has 1 aromatic heterocycles. The van der Waals surface area contributed by atoms with Crippen LogP contribution >= 0.6 is 0 Å². The lowest BCUT2D eigenvalue weighted by molar-refractivity contribution is -0.131. The zero-order valence-electron chi connectivity index (χ0n) is 18.6. The lowest BCUT2D eigenvalue weighted by atomic mass is 9.51. The predicted octanol–water partition coefficient (Wildman–Crippen LogP) is 4.89. The van der Waals surface area contributed by atoms with Gasteiger partial charge in [-0.3, -0.25) is 4.79 Å². The first-order valence-electron chi connectivity index (χ1n) is 11.2. The number of benzene rings is 2. The van der Waals surface area contributed by atoms with Crippen LogP contribution in [0.4, 0.5) is 4.39 Å². The van der Waals surface area contributed by atoms with E-state index in [2.05, 4.69) is 11.1 Å². The molecule has 6 heteroatoms. The van der Waals surface area contributed by atoms with Crippen molar-refractivity contribution in [2.75, 3.05) is 7.11 Å². The van der Waals surface area contributed by atoms with Crippen LogP contribution in [0.2, 0.25) is 0 Å². The van der Waals surface area contributed by atoms with E-state index in [1.54, 1.807) is 25.3 Å². The van der Waals surface area contributed by atoms with E-state index in [0.29, 0.717) is 24.3 Å². The maximum Gasteiger partial charge on any atom is 0.220 e. The molecule has 0 amide bonds. The minimum absolute atomic E-state index is 0.00662. The molecule has 0 N–H and O–H groups in total. The summed E-state index contributed by atoms with van der Waals surface area (Å²) in [6.07, 6.45) is 1.75. The van der Waals surface area contributed by atoms with Gasteiger partial charge in [-0.05, 0) is 42.9 Å². The first-order valence-corrected chi connectivity index (χ1v) is 11.2. The van der Waals surface area contributed by atoms with Crippen LogP contribution in [0.3, 0.4) is 0 Å². The number of nitrogens with zero attached hydrogens (tertiary/aromatic N) is 3. The fourth-order valence-electron chi connectivity index (χ4n) is 5.89. The SMILES string of the molecule is COc1nc(-c2ccccc2F)nc2c1CC[C@H]1[C@H](C)C(=O)C(C#N)C[C@]21c1ccccc1. The summed E-state index contributed by atoms with van der Waals surface area (Å²) >= 11 is 0. The van der Waals surface area contributed by atoms with Crippen molar-refractivity contribution in [2.24, 2.45) is 17.8 Å². The molecule has 1 unspecified atom stereocenters. The van der Waals surface area contributed by atoms with Crippen molar-refractivity contribution in [2.45, 2.75) is 31.6 Å². The molecule has 0 saturated heterocycles. The highest BCUT2D eigenvalue weighted by molar-refractivity contribution is 5.87. The highest BCUT2D eigenvalue weighted by Gasteiger charge is 2.56. The van der Waals surface area contributed by atoms with Gasteiger partial charge in [0.15, 0.2) is 11.6 Å². The Balaban J connectivity index is 1.84. The molecule has 2 aromatic carbocycles. The zero-order chi connectivity index (χ0) is 23.2. The number of carbonyl (C=O) groups excluding carboxylic acids is 1. The summed E-state index contributed by atoms with van der Waals surface area (Å²) in [5.74, 6) is -0.814. The molecule has 1 saturated carbocycles. The molecule has 4 atom stereocenters. The third-order valence-electron chi connectivity index (χ3n) is 7.40. The van der Waals surface area contributed by atoms with E-state index in [1.165, 1.54) is 6.07 Å². The van der Waals surface area contributed by atoms with Crippen LogP contribution < -0.4 is 4.74 Å². The second-order valence-corrected chi connectivity index (χ2v) is 8.92. The summed E-state index contributed by atoms with van der Waals surface area (Å²) < 4.78 is 20.4. The smallest absolute Gasteiger partial charge is 0.220 e. The molecular formula is C27H24FN3O2. The van der Waals surface area contributed by atoms with Gasteiger partial charge in [-0.25, -0.2) is 9.37 Å². The van der Waals surface area contributed by atoms with Gasteiger partial charge < -0.3 is 4.74 Å². The van der Waals surface area contributed by atoms with Gasteiger partial charge in [0.1, 0.15) is 11.7 Å². The summed E-state index contributed by atoms with van der Waals surface area (Å²) in [5, 5.41) is 9.87. The lowest BCUT2D eigenvalue weighted by Gasteiger charge is -2.51. The highest BCUT2D eigenvalue weighted by atomic mass is 19.1. The Kier molecular flexibility index (Phi) is 5.20. The maximum atomic E-state index is 14.7. The average molecular weight is 442 g/mol. The number of nitriles is 1. The molecule has 2 aliphatic carbocycles. The Labute approximate surface area is 192 Å². The molecule has 0 spiro atoms. The second-order valence-electron chi connectivity index (χ2n) is 8.92. The van der Waals surface area contributed by atoms with Gasteiger partial charge in [-0.2, -0.15) is 10.2 Å². The molecule has 0 radical (unpaired) electrons. The largest absolute Gasteiger partial charge is 0.481 e. The van der Waals surface area contributed by atoms with Crippen LogP contribution in [0, 0.1) is 34.9 Å². The zero-order valence-corrected chi connectivity index (χ0v) is 18.6. The minimum atomic E-state index is -0.736. The number of halogens is 1. The second kappa shape index (κ2) is 8.08. The van der Waals surface area contributed by atoms with Crippen LogP contribution in [0.1, 0.15) is 36.6 Å². The quantitative estimate of drug-likeness (QED) is 0.579. The van der Waals surface area contributed by atoms with E-state index in [9.17, 15) is 14.4 Å². The molecule has 33 heavy (non-hydrogen) atoms. The predicted molar refractivity (Wildman–Crippen MR) is 121 cm³/mol. The number of methoxy groups -OCH3 is 1. The first kappa shape index (κ1) is 21.3. The van der Waals surface area contributed by atoms with Crippen LogP contribution in [0.5, 0.6) is 5.88 Å². The van der Waals surface area contributed by atoms with E-state index < -0.39 is 17.2 Å². The van der Waals surface area contributed by atoms with Crippen LogP contribution in [0.15, 0.2) is 54.6 Å². The molecular weight excluding hydrogens is 417 g/mol. The molecule has 3 aromatic rings. The molecule has 0 bridgehead atoms. The van der Waals surface area contributed by atoms with Crippen molar-refractivity contribution >= 4 is 5.78 Å². The summed E-state index contributed by atoms with van der Waals surface area (Å²) in [6, 6.07) is 18.6. The molecule has 5 nitrogen and oxygen atoms in total. The first-order chi connectivity index (χ1) is 16.0. The summed E-state index contributed by atoms with van der Waals surface area (Å²) in [5.41, 5.74) is 2.25. The topological polar surface area (TPSA) is 75.9 Å². The average Bonchev–Trinajstić information content (AvgIpc) is 2.86. The molecule has 0 aliphatic heterocycles. The monoisotopic (exact) mass is 441 g/mol. The summed E-state index contributed by atoms with van der Waals surface area (Å²) in [6.45, 7) is 1.93. The Hall–Kier alpha value is -3.59. The molecule has 1 fully saturated rings. The minimum Gasteiger partial charge on any atom is -0.481 e. The lowest BCUT2D eigenvalue weighted by Crippen LogP contribution is -2.53. The maximum absolute atomic E-state index is 14.7. The van der Waals surface area contributed by atoms with E-state index in [1.807, 2.05) is 37.3 Å². The fraction of sp³-hybridized carbons (Fsp3) is 0.333. The van der Waals surface area contributed by atoms with Crippen molar-refractivity contribution in [3.63, 3.8) is 0 Å². The normalized spacial score (nSPS) is 26.1. The highest BCUT2D eigenvalue weighted by Crippen LogP contribution is 2.56. The Morgan fingerprint density at radius 3 is 2.55 bits per heavy atom. The van der Waals surface area contributed by atoms with E-state index in [4.69, 9.17) is 9.72 Å². The summed E-state index contributed by atoms with van der Waals surface area (Å²) in [4.78, 5) is 22.6. The van der Waals surface area contributed by atoms with Crippen LogP contribution in [-0.4, -0.2) is 22.9 Å². The van der Waals surface area contributed by atoms with Crippen molar-refractivity contribution in [1.29, 1.82) is 5.26 Å². The van der Waals surface area contributed by atoms with E-state index in [0.717, 1.165) is 23.2 Å². The number of hydrogen-bond acceptors (Lipinski definition) is 5. The van der Waals surface area contributed by atoms with Gasteiger partial charge in [0.25, 0.3) is 0 Å². The van der Waals surface area contributed by atoms with Gasteiger partial charge in [0, 0.05) is 16.9 Å². The fourth-order valence-corrected chi connectivity index (χ4v) is 5.89. The van der Waals surface area contributed by atoms with Gasteiger partial charge in [-0.15, -0.1) is 0 Å². The molecule has 166 valence electrons. The molecule has 5 rings (SSSR count). The number of ketones is 1. The van der Waals surface area contributed by atoms with Gasteiger partial charge in [-0.1, -0.05) is 49.4 Å². The van der Waals surface area contributed by atoms with Crippen molar-refractivity contribution in [3.8, 4) is 23.3 Å². The number of Topliss-reactive ketones (excluding diaryl/α,β-unsaturated/α-hetero) is 1.